The Balaban J connectivity index is 2.13. The lowest BCUT2D eigenvalue weighted by atomic mass is 10.0. The minimum Gasteiger partial charge on any atom is -0.507 e. The van der Waals surface area contributed by atoms with Gasteiger partial charge in [0.2, 0.25) is 0 Å². The molecule has 3 aromatic carbocycles. The van der Waals surface area contributed by atoms with Gasteiger partial charge in [0.25, 0.3) is 0 Å². The molecule has 0 heterocycles. The highest BCUT2D eigenvalue weighted by atomic mass is 16.6. The van der Waals surface area contributed by atoms with Crippen molar-refractivity contribution in [2.24, 2.45) is 4.99 Å². The summed E-state index contributed by atoms with van der Waals surface area (Å²) in [6.45, 7) is 3.83. The van der Waals surface area contributed by atoms with Gasteiger partial charge in [-0.2, -0.15) is 0 Å². The number of aliphatic imine (C=N–C) groups is 1. The standard InChI is InChI=1S/C21H20N2O3/c1-13-7-6-10-18(24)17(13)12-23-20-14(2)11-19(26-21(25)22-3)15-8-4-5-9-16(15)20/h4-12,24H,1-3H3,(H,22,25). The van der Waals surface area contributed by atoms with Gasteiger partial charge in [-0.3, -0.25) is 4.99 Å². The molecule has 0 aliphatic carbocycles. The second kappa shape index (κ2) is 7.27. The summed E-state index contributed by atoms with van der Waals surface area (Å²) in [4.78, 5) is 16.2. The predicted molar refractivity (Wildman–Crippen MR) is 104 cm³/mol. The number of nitrogens with zero attached hydrogens (tertiary/aromatic N) is 1. The van der Waals surface area contributed by atoms with Crippen LogP contribution in [0.25, 0.3) is 10.8 Å². The number of phenols is 1. The summed E-state index contributed by atoms with van der Waals surface area (Å²) >= 11 is 0. The Morgan fingerprint density at radius 2 is 1.81 bits per heavy atom. The van der Waals surface area contributed by atoms with Gasteiger partial charge in [0.05, 0.1) is 5.69 Å². The first-order valence-electron chi connectivity index (χ1n) is 8.26. The van der Waals surface area contributed by atoms with Crippen LogP contribution in [-0.2, 0) is 0 Å². The third-order valence-electron chi connectivity index (χ3n) is 4.20. The monoisotopic (exact) mass is 348 g/mol. The van der Waals surface area contributed by atoms with Crippen LogP contribution in [0.2, 0.25) is 0 Å². The van der Waals surface area contributed by atoms with Gasteiger partial charge in [0.15, 0.2) is 0 Å². The average Bonchev–Trinajstić information content (AvgIpc) is 2.63. The van der Waals surface area contributed by atoms with Crippen molar-refractivity contribution in [3.8, 4) is 11.5 Å². The van der Waals surface area contributed by atoms with Crippen LogP contribution in [-0.4, -0.2) is 24.5 Å². The zero-order valence-electron chi connectivity index (χ0n) is 14.9. The van der Waals surface area contributed by atoms with Crippen molar-refractivity contribution in [2.75, 3.05) is 7.05 Å². The maximum absolute atomic E-state index is 11.6. The Kier molecular flexibility index (Phi) is 4.89. The van der Waals surface area contributed by atoms with Gasteiger partial charge in [-0.05, 0) is 37.1 Å². The van der Waals surface area contributed by atoms with Gasteiger partial charge in [-0.15, -0.1) is 0 Å². The number of ether oxygens (including phenoxy) is 1. The van der Waals surface area contributed by atoms with E-state index >= 15 is 0 Å². The number of hydrogen-bond donors (Lipinski definition) is 2. The van der Waals surface area contributed by atoms with Crippen molar-refractivity contribution in [3.63, 3.8) is 0 Å². The highest BCUT2D eigenvalue weighted by molar-refractivity contribution is 6.01. The van der Waals surface area contributed by atoms with Gasteiger partial charge in [-0.1, -0.05) is 36.4 Å². The van der Waals surface area contributed by atoms with Crippen LogP contribution < -0.4 is 10.1 Å². The van der Waals surface area contributed by atoms with E-state index in [1.807, 2.05) is 44.2 Å². The third kappa shape index (κ3) is 3.37. The molecule has 132 valence electrons. The van der Waals surface area contributed by atoms with E-state index in [0.29, 0.717) is 11.3 Å². The molecule has 3 rings (SSSR count). The van der Waals surface area contributed by atoms with Crippen molar-refractivity contribution in [1.29, 1.82) is 0 Å². The summed E-state index contributed by atoms with van der Waals surface area (Å²) in [6.07, 6.45) is 1.15. The van der Waals surface area contributed by atoms with Crippen molar-refractivity contribution in [2.45, 2.75) is 13.8 Å². The second-order valence-corrected chi connectivity index (χ2v) is 5.99. The smallest absolute Gasteiger partial charge is 0.412 e. The first-order valence-corrected chi connectivity index (χ1v) is 8.26. The fraction of sp³-hybridized carbons (Fsp3) is 0.143. The molecule has 0 aromatic heterocycles. The Hall–Kier alpha value is -3.34. The number of aromatic hydroxyl groups is 1. The molecule has 0 bridgehead atoms. The van der Waals surface area contributed by atoms with E-state index in [9.17, 15) is 9.90 Å². The van der Waals surface area contributed by atoms with Crippen LogP contribution in [0.15, 0.2) is 53.5 Å². The summed E-state index contributed by atoms with van der Waals surface area (Å²) in [5.74, 6) is 0.672. The molecule has 26 heavy (non-hydrogen) atoms. The lowest BCUT2D eigenvalue weighted by Gasteiger charge is -2.12. The summed E-state index contributed by atoms with van der Waals surface area (Å²) in [5, 5.41) is 14.2. The fourth-order valence-corrected chi connectivity index (χ4v) is 2.83. The zero-order valence-corrected chi connectivity index (χ0v) is 14.9. The number of carbonyl (C=O) groups is 1. The van der Waals surface area contributed by atoms with Gasteiger partial charge in [0, 0.05) is 29.6 Å². The van der Waals surface area contributed by atoms with Crippen molar-refractivity contribution in [3.05, 3.63) is 65.2 Å². The lowest BCUT2D eigenvalue weighted by Crippen LogP contribution is -2.22. The van der Waals surface area contributed by atoms with Crippen LogP contribution in [0, 0.1) is 13.8 Å². The minimum atomic E-state index is -0.518. The highest BCUT2D eigenvalue weighted by Crippen LogP contribution is 2.36. The van der Waals surface area contributed by atoms with Crippen molar-refractivity contribution in [1.82, 2.24) is 5.32 Å². The van der Waals surface area contributed by atoms with Gasteiger partial charge in [-0.25, -0.2) is 4.79 Å². The fourth-order valence-electron chi connectivity index (χ4n) is 2.83. The molecule has 0 fully saturated rings. The van der Waals surface area contributed by atoms with E-state index in [1.165, 1.54) is 7.05 Å². The van der Waals surface area contributed by atoms with E-state index in [4.69, 9.17) is 4.74 Å². The van der Waals surface area contributed by atoms with Crippen molar-refractivity contribution >= 4 is 28.8 Å². The summed E-state index contributed by atoms with van der Waals surface area (Å²) in [5.41, 5.74) is 3.26. The highest BCUT2D eigenvalue weighted by Gasteiger charge is 2.12. The van der Waals surface area contributed by atoms with Crippen LogP contribution in [0.3, 0.4) is 0 Å². The molecule has 0 atom stereocenters. The number of hydrogen-bond acceptors (Lipinski definition) is 4. The van der Waals surface area contributed by atoms with E-state index in [-0.39, 0.29) is 5.75 Å². The number of benzene rings is 3. The van der Waals surface area contributed by atoms with E-state index in [2.05, 4.69) is 10.3 Å². The first-order chi connectivity index (χ1) is 12.5. The molecular formula is C21H20N2O3. The molecule has 0 unspecified atom stereocenters. The largest absolute Gasteiger partial charge is 0.507 e. The van der Waals surface area contributed by atoms with Gasteiger partial charge < -0.3 is 15.2 Å². The number of aryl methyl sites for hydroxylation is 2. The number of carbonyl (C=O) groups excluding carboxylic acids is 1. The van der Waals surface area contributed by atoms with Crippen LogP contribution >= 0.6 is 0 Å². The Bertz CT molecular complexity index is 989. The number of fused-ring (bicyclic) bond motifs is 1. The molecule has 0 spiro atoms. The summed E-state index contributed by atoms with van der Waals surface area (Å²) < 4.78 is 5.37. The third-order valence-corrected chi connectivity index (χ3v) is 4.20. The second-order valence-electron chi connectivity index (χ2n) is 5.99. The van der Waals surface area contributed by atoms with E-state index in [1.54, 1.807) is 24.4 Å². The quantitative estimate of drug-likeness (QED) is 0.678. The topological polar surface area (TPSA) is 70.9 Å². The number of amides is 1. The molecule has 0 saturated heterocycles. The maximum Gasteiger partial charge on any atom is 0.412 e. The molecule has 0 aliphatic rings. The predicted octanol–water partition coefficient (Wildman–Crippen LogP) is 4.63. The van der Waals surface area contributed by atoms with Crippen molar-refractivity contribution < 1.29 is 14.6 Å². The van der Waals surface area contributed by atoms with E-state index < -0.39 is 6.09 Å². The molecule has 2 N–H and O–H groups in total. The molecule has 0 saturated carbocycles. The number of nitrogens with one attached hydrogen (secondary N) is 1. The Morgan fingerprint density at radius 1 is 1.08 bits per heavy atom. The average molecular weight is 348 g/mol. The van der Waals surface area contributed by atoms with Crippen LogP contribution in [0.4, 0.5) is 10.5 Å². The molecule has 5 heteroatoms. The Labute approximate surface area is 152 Å². The van der Waals surface area contributed by atoms with Gasteiger partial charge in [0.1, 0.15) is 11.5 Å². The molecule has 3 aromatic rings. The molecular weight excluding hydrogens is 328 g/mol. The van der Waals surface area contributed by atoms with Gasteiger partial charge >= 0.3 is 6.09 Å². The number of phenolic OH excluding ortho intramolecular Hbond substituents is 1. The van der Waals surface area contributed by atoms with Crippen LogP contribution in [0.5, 0.6) is 11.5 Å². The zero-order chi connectivity index (χ0) is 18.7. The first kappa shape index (κ1) is 17.5. The molecule has 5 nitrogen and oxygen atoms in total. The SMILES string of the molecule is CNC(=O)Oc1cc(C)c(N=Cc2c(C)cccc2O)c2ccccc12. The minimum absolute atomic E-state index is 0.190. The normalized spacial score (nSPS) is 11.0. The van der Waals surface area contributed by atoms with Crippen LogP contribution in [0.1, 0.15) is 16.7 Å². The molecule has 0 aliphatic heterocycles. The lowest BCUT2D eigenvalue weighted by molar-refractivity contribution is 0.203. The summed E-state index contributed by atoms with van der Waals surface area (Å²) in [7, 11) is 1.52. The molecule has 1 amide bonds. The molecule has 0 radical (unpaired) electrons. The number of rotatable bonds is 3. The summed E-state index contributed by atoms with van der Waals surface area (Å²) in [6, 6.07) is 14.8. The maximum atomic E-state index is 11.6. The Morgan fingerprint density at radius 3 is 2.50 bits per heavy atom. The van der Waals surface area contributed by atoms with E-state index in [0.717, 1.165) is 27.6 Å².